The number of benzene rings is 1. The van der Waals surface area contributed by atoms with Crippen LogP contribution in [0.4, 0.5) is 8.78 Å². The van der Waals surface area contributed by atoms with Gasteiger partial charge >= 0.3 is 0 Å². The maximum absolute atomic E-state index is 14.4. The van der Waals surface area contributed by atoms with Gasteiger partial charge in [0.1, 0.15) is 17.4 Å². The van der Waals surface area contributed by atoms with Crippen molar-refractivity contribution in [3.63, 3.8) is 0 Å². The molecule has 0 saturated heterocycles. The summed E-state index contributed by atoms with van der Waals surface area (Å²) in [5.74, 6) is -1.14. The van der Waals surface area contributed by atoms with Crippen molar-refractivity contribution >= 4 is 5.91 Å². The van der Waals surface area contributed by atoms with Crippen molar-refractivity contribution in [3.8, 4) is 11.1 Å². The van der Waals surface area contributed by atoms with E-state index in [4.69, 9.17) is 4.42 Å². The van der Waals surface area contributed by atoms with E-state index in [0.29, 0.717) is 22.5 Å². The van der Waals surface area contributed by atoms with E-state index in [-0.39, 0.29) is 24.6 Å². The highest BCUT2D eigenvalue weighted by atomic mass is 19.1. The second-order valence-corrected chi connectivity index (χ2v) is 5.74. The molecule has 0 radical (unpaired) electrons. The van der Waals surface area contributed by atoms with Crippen molar-refractivity contribution in [2.45, 2.75) is 13.1 Å². The predicted molar refractivity (Wildman–Crippen MR) is 80.8 cm³/mol. The average molecular weight is 329 g/mol. The molecule has 24 heavy (non-hydrogen) atoms. The molecule has 7 heteroatoms. The number of amides is 1. The Bertz CT molecular complexity index is 922. The summed E-state index contributed by atoms with van der Waals surface area (Å²) in [6.45, 7) is 0.0679. The van der Waals surface area contributed by atoms with Crippen molar-refractivity contribution in [1.82, 2.24) is 14.7 Å². The topological polar surface area (TPSA) is 51.3 Å². The second-order valence-electron chi connectivity index (χ2n) is 5.74. The van der Waals surface area contributed by atoms with Gasteiger partial charge in [0.2, 0.25) is 0 Å². The first kappa shape index (κ1) is 14.6. The largest absolute Gasteiger partial charge is 0.467 e. The summed E-state index contributed by atoms with van der Waals surface area (Å²) in [6.07, 6.45) is 4.65. The van der Waals surface area contributed by atoms with Crippen LogP contribution in [0, 0.1) is 11.6 Å². The quantitative estimate of drug-likeness (QED) is 0.742. The molecule has 0 fully saturated rings. The van der Waals surface area contributed by atoms with Crippen LogP contribution in [0.2, 0.25) is 0 Å². The first-order valence-corrected chi connectivity index (χ1v) is 7.35. The second kappa shape index (κ2) is 5.30. The number of rotatable bonds is 3. The Morgan fingerprint density at radius 1 is 1.25 bits per heavy atom. The SMILES string of the molecule is Cn1cc(-c2cc(F)c(CN3Cc4occc4C3=O)c(F)c2)cn1. The molecule has 5 nitrogen and oxygen atoms in total. The molecule has 4 rings (SSSR count). The lowest BCUT2D eigenvalue weighted by Gasteiger charge is -2.17. The zero-order chi connectivity index (χ0) is 16.8. The Kier molecular flexibility index (Phi) is 3.23. The molecular weight excluding hydrogens is 316 g/mol. The van der Waals surface area contributed by atoms with E-state index < -0.39 is 11.6 Å². The summed E-state index contributed by atoms with van der Waals surface area (Å²) in [5.41, 5.74) is 1.34. The van der Waals surface area contributed by atoms with E-state index in [2.05, 4.69) is 5.10 Å². The fourth-order valence-electron chi connectivity index (χ4n) is 2.88. The summed E-state index contributed by atoms with van der Waals surface area (Å²) in [4.78, 5) is 13.5. The molecule has 3 heterocycles. The van der Waals surface area contributed by atoms with Crippen molar-refractivity contribution in [1.29, 1.82) is 0 Å². The Morgan fingerprint density at radius 3 is 2.62 bits per heavy atom. The third kappa shape index (κ3) is 2.29. The van der Waals surface area contributed by atoms with Gasteiger partial charge in [0.15, 0.2) is 0 Å². The van der Waals surface area contributed by atoms with Gasteiger partial charge in [-0.3, -0.25) is 9.48 Å². The van der Waals surface area contributed by atoms with Crippen LogP contribution in [0.5, 0.6) is 0 Å². The molecule has 0 unspecified atom stereocenters. The number of carbonyl (C=O) groups excluding carboxylic acids is 1. The molecule has 3 aromatic rings. The van der Waals surface area contributed by atoms with E-state index in [1.807, 2.05) is 0 Å². The van der Waals surface area contributed by atoms with E-state index in [1.54, 1.807) is 24.0 Å². The van der Waals surface area contributed by atoms with E-state index >= 15 is 0 Å². The van der Waals surface area contributed by atoms with Crippen LogP contribution in [0.1, 0.15) is 21.7 Å². The van der Waals surface area contributed by atoms with Crippen LogP contribution in [0.15, 0.2) is 41.3 Å². The van der Waals surface area contributed by atoms with Gasteiger partial charge in [-0.25, -0.2) is 8.78 Å². The van der Waals surface area contributed by atoms with Crippen LogP contribution in [0.3, 0.4) is 0 Å². The highest BCUT2D eigenvalue weighted by Gasteiger charge is 2.31. The maximum Gasteiger partial charge on any atom is 0.258 e. The standard InChI is InChI=1S/C17H13F2N3O2/c1-21-7-11(6-20-21)10-4-14(18)13(15(19)5-10)8-22-9-16-12(17(22)23)2-3-24-16/h2-7H,8-9H2,1H3. The summed E-state index contributed by atoms with van der Waals surface area (Å²) in [5, 5.41) is 3.99. The predicted octanol–water partition coefficient (Wildman–Crippen LogP) is 3.11. The number of hydrogen-bond acceptors (Lipinski definition) is 3. The fraction of sp³-hybridized carbons (Fsp3) is 0.176. The van der Waals surface area contributed by atoms with E-state index in [9.17, 15) is 13.6 Å². The number of fused-ring (bicyclic) bond motifs is 1. The van der Waals surface area contributed by atoms with Gasteiger partial charge in [-0.1, -0.05) is 0 Å². The Hall–Kier alpha value is -2.96. The zero-order valence-corrected chi connectivity index (χ0v) is 12.8. The number of nitrogens with zero attached hydrogens (tertiary/aromatic N) is 3. The van der Waals surface area contributed by atoms with Gasteiger partial charge in [0.25, 0.3) is 5.91 Å². The molecule has 0 N–H and O–H groups in total. The first-order valence-electron chi connectivity index (χ1n) is 7.35. The summed E-state index contributed by atoms with van der Waals surface area (Å²) in [6, 6.07) is 4.08. The third-order valence-electron chi connectivity index (χ3n) is 4.13. The molecule has 1 amide bonds. The van der Waals surface area contributed by atoms with Crippen molar-refractivity contribution < 1.29 is 18.0 Å². The van der Waals surface area contributed by atoms with Crippen molar-refractivity contribution in [2.75, 3.05) is 0 Å². The number of furan rings is 1. The van der Waals surface area contributed by atoms with Crippen molar-refractivity contribution in [2.24, 2.45) is 7.05 Å². The van der Waals surface area contributed by atoms with Crippen molar-refractivity contribution in [3.05, 3.63) is 65.4 Å². The highest BCUT2D eigenvalue weighted by Crippen LogP contribution is 2.29. The first-order chi connectivity index (χ1) is 11.5. The smallest absolute Gasteiger partial charge is 0.258 e. The third-order valence-corrected chi connectivity index (χ3v) is 4.13. The van der Waals surface area contributed by atoms with Gasteiger partial charge in [-0.2, -0.15) is 5.10 Å². The number of hydrogen-bond donors (Lipinski definition) is 0. The Morgan fingerprint density at radius 2 is 2.00 bits per heavy atom. The highest BCUT2D eigenvalue weighted by molar-refractivity contribution is 5.97. The number of carbonyl (C=O) groups is 1. The lowest BCUT2D eigenvalue weighted by Crippen LogP contribution is -2.24. The number of halogens is 2. The minimum Gasteiger partial charge on any atom is -0.467 e. The number of aryl methyl sites for hydroxylation is 1. The lowest BCUT2D eigenvalue weighted by molar-refractivity contribution is 0.0759. The summed E-state index contributed by atoms with van der Waals surface area (Å²) < 4.78 is 35.6. The van der Waals surface area contributed by atoms with Gasteiger partial charge in [0, 0.05) is 24.4 Å². The van der Waals surface area contributed by atoms with Crippen LogP contribution in [-0.2, 0) is 20.1 Å². The summed E-state index contributed by atoms with van der Waals surface area (Å²) >= 11 is 0. The van der Waals surface area contributed by atoms with Gasteiger partial charge in [-0.05, 0) is 23.8 Å². The van der Waals surface area contributed by atoms with E-state index in [1.165, 1.54) is 29.5 Å². The normalized spacial score (nSPS) is 13.6. The molecule has 0 spiro atoms. The maximum atomic E-state index is 14.4. The molecule has 0 aliphatic carbocycles. The molecule has 2 aromatic heterocycles. The molecule has 1 aliphatic heterocycles. The molecule has 1 aliphatic rings. The minimum absolute atomic E-state index is 0.138. The zero-order valence-electron chi connectivity index (χ0n) is 12.8. The molecule has 1 aromatic carbocycles. The molecule has 0 saturated carbocycles. The molecule has 122 valence electrons. The molecular formula is C17H13F2N3O2. The van der Waals surface area contributed by atoms with Gasteiger partial charge in [0.05, 0.1) is 31.1 Å². The monoisotopic (exact) mass is 329 g/mol. The van der Waals surface area contributed by atoms with Crippen LogP contribution >= 0.6 is 0 Å². The lowest BCUT2D eigenvalue weighted by atomic mass is 10.1. The van der Waals surface area contributed by atoms with E-state index in [0.717, 1.165) is 0 Å². The fourth-order valence-corrected chi connectivity index (χ4v) is 2.88. The van der Waals surface area contributed by atoms with Gasteiger partial charge < -0.3 is 9.32 Å². The summed E-state index contributed by atoms with van der Waals surface area (Å²) in [7, 11) is 1.73. The minimum atomic E-state index is -0.690. The van der Waals surface area contributed by atoms with Crippen LogP contribution in [-0.4, -0.2) is 20.6 Å². The number of aromatic nitrogens is 2. The molecule has 0 atom stereocenters. The Labute approximate surface area is 136 Å². The van der Waals surface area contributed by atoms with Crippen LogP contribution in [0.25, 0.3) is 11.1 Å². The molecule has 0 bridgehead atoms. The Balaban J connectivity index is 1.63. The average Bonchev–Trinajstić information content (AvgIpc) is 3.22. The van der Waals surface area contributed by atoms with Gasteiger partial charge in [-0.15, -0.1) is 0 Å². The van der Waals surface area contributed by atoms with Crippen LogP contribution < -0.4 is 0 Å².